The first-order chi connectivity index (χ1) is 11.4. The van der Waals surface area contributed by atoms with Crippen LogP contribution in [0.15, 0.2) is 30.3 Å². The molecule has 0 aromatic heterocycles. The topological polar surface area (TPSA) is 67.8 Å². The molecule has 0 saturated carbocycles. The van der Waals surface area contributed by atoms with Crippen molar-refractivity contribution in [2.45, 2.75) is 58.3 Å². The van der Waals surface area contributed by atoms with Crippen molar-refractivity contribution in [1.29, 1.82) is 0 Å². The van der Waals surface area contributed by atoms with Gasteiger partial charge < -0.3 is 19.9 Å². The molecule has 1 aromatic carbocycles. The third-order valence-electron chi connectivity index (χ3n) is 3.31. The van der Waals surface area contributed by atoms with Gasteiger partial charge in [-0.2, -0.15) is 0 Å². The molecule has 1 fully saturated rings. The van der Waals surface area contributed by atoms with Crippen LogP contribution in [0.5, 0.6) is 0 Å². The summed E-state index contributed by atoms with van der Waals surface area (Å²) in [6.07, 6.45) is 2.70. The monoisotopic (exact) mass is 337 g/mol. The first kappa shape index (κ1) is 20.6. The van der Waals surface area contributed by atoms with Crippen LogP contribution in [-0.4, -0.2) is 42.5 Å². The van der Waals surface area contributed by atoms with Crippen LogP contribution in [0.2, 0.25) is 0 Å². The van der Waals surface area contributed by atoms with Crippen LogP contribution in [0.3, 0.4) is 0 Å². The number of aliphatic hydroxyl groups is 1. The van der Waals surface area contributed by atoms with Crippen molar-refractivity contribution in [1.82, 2.24) is 5.32 Å². The van der Waals surface area contributed by atoms with Gasteiger partial charge in [0.15, 0.2) is 0 Å². The van der Waals surface area contributed by atoms with Gasteiger partial charge in [-0.25, -0.2) is 0 Å². The number of esters is 1. The highest BCUT2D eigenvalue weighted by Crippen LogP contribution is 2.13. The molecule has 1 unspecified atom stereocenters. The van der Waals surface area contributed by atoms with E-state index in [1.165, 1.54) is 5.56 Å². The zero-order valence-corrected chi connectivity index (χ0v) is 15.1. The summed E-state index contributed by atoms with van der Waals surface area (Å²) in [4.78, 5) is 11.4. The molecule has 1 heterocycles. The maximum absolute atomic E-state index is 11.4. The Morgan fingerprint density at radius 1 is 1.29 bits per heavy atom. The summed E-state index contributed by atoms with van der Waals surface area (Å²) in [6, 6.07) is 9.95. The fourth-order valence-electron chi connectivity index (χ4n) is 2.19. The number of nitrogens with one attached hydrogen (secondary N) is 1. The number of hydrogen-bond acceptors (Lipinski definition) is 5. The molecule has 0 spiro atoms. The van der Waals surface area contributed by atoms with Crippen molar-refractivity contribution in [3.8, 4) is 0 Å². The number of aliphatic hydroxyl groups excluding tert-OH is 1. The van der Waals surface area contributed by atoms with E-state index in [0.29, 0.717) is 19.6 Å². The molecule has 1 aromatic rings. The number of rotatable bonds is 6. The predicted molar refractivity (Wildman–Crippen MR) is 94.7 cm³/mol. The van der Waals surface area contributed by atoms with Crippen LogP contribution in [0.4, 0.5) is 0 Å². The van der Waals surface area contributed by atoms with E-state index in [4.69, 9.17) is 14.6 Å². The molecule has 1 atom stereocenters. The Labute approximate surface area is 145 Å². The standard InChI is InChI=1S/C10H14O2.C9H17NO2/c11-7-4-8-12-9-10-5-2-1-3-6-10;1-9(2,3)12-8(11)7-5-4-6-10-7/h1-3,5-6,11H,4,7-9H2;7,10H,4-6H2,1-3H3. The lowest BCUT2D eigenvalue weighted by Gasteiger charge is -2.21. The van der Waals surface area contributed by atoms with Crippen molar-refractivity contribution in [2.75, 3.05) is 19.8 Å². The van der Waals surface area contributed by atoms with E-state index in [1.807, 2.05) is 51.1 Å². The van der Waals surface area contributed by atoms with E-state index in [2.05, 4.69) is 5.32 Å². The lowest BCUT2D eigenvalue weighted by molar-refractivity contribution is -0.157. The van der Waals surface area contributed by atoms with Gasteiger partial charge in [0, 0.05) is 13.2 Å². The van der Waals surface area contributed by atoms with E-state index >= 15 is 0 Å². The van der Waals surface area contributed by atoms with Gasteiger partial charge >= 0.3 is 5.97 Å². The molecule has 1 saturated heterocycles. The minimum absolute atomic E-state index is 0.0655. The second-order valence-corrected chi connectivity index (χ2v) is 6.80. The SMILES string of the molecule is CC(C)(C)OC(=O)C1CCCN1.OCCCOCc1ccccc1. The Hall–Kier alpha value is -1.43. The molecule has 0 aliphatic carbocycles. The van der Waals surface area contributed by atoms with Crippen LogP contribution in [0.1, 0.15) is 45.6 Å². The van der Waals surface area contributed by atoms with Crippen molar-refractivity contribution >= 4 is 5.97 Å². The first-order valence-corrected chi connectivity index (χ1v) is 8.61. The summed E-state index contributed by atoms with van der Waals surface area (Å²) in [5.41, 5.74) is 0.817. The number of hydrogen-bond donors (Lipinski definition) is 2. The van der Waals surface area contributed by atoms with Gasteiger partial charge in [0.2, 0.25) is 0 Å². The average Bonchev–Trinajstić information content (AvgIpc) is 3.06. The Balaban J connectivity index is 0.000000240. The molecule has 1 aliphatic rings. The van der Waals surface area contributed by atoms with E-state index in [1.54, 1.807) is 0 Å². The van der Waals surface area contributed by atoms with Crippen LogP contribution < -0.4 is 5.32 Å². The predicted octanol–water partition coefficient (Wildman–Crippen LogP) is 2.67. The molecule has 2 N–H and O–H groups in total. The van der Waals surface area contributed by atoms with Gasteiger partial charge in [-0.3, -0.25) is 4.79 Å². The molecule has 0 amide bonds. The van der Waals surface area contributed by atoms with E-state index in [0.717, 1.165) is 19.4 Å². The number of ether oxygens (including phenoxy) is 2. The smallest absolute Gasteiger partial charge is 0.323 e. The quantitative estimate of drug-likeness (QED) is 0.617. The zero-order valence-electron chi connectivity index (χ0n) is 15.1. The van der Waals surface area contributed by atoms with Crippen LogP contribution >= 0.6 is 0 Å². The van der Waals surface area contributed by atoms with Gasteiger partial charge in [-0.15, -0.1) is 0 Å². The summed E-state index contributed by atoms with van der Waals surface area (Å²) >= 11 is 0. The molecule has 0 bridgehead atoms. The summed E-state index contributed by atoms with van der Waals surface area (Å²) in [6.45, 7) is 8.07. The first-order valence-electron chi connectivity index (χ1n) is 8.61. The molecular formula is C19H31NO4. The van der Waals surface area contributed by atoms with Crippen molar-refractivity contribution in [3.63, 3.8) is 0 Å². The maximum atomic E-state index is 11.4. The lowest BCUT2D eigenvalue weighted by Crippen LogP contribution is -2.37. The third-order valence-corrected chi connectivity index (χ3v) is 3.31. The molecule has 2 rings (SSSR count). The summed E-state index contributed by atoms with van der Waals surface area (Å²) in [7, 11) is 0. The highest BCUT2D eigenvalue weighted by atomic mass is 16.6. The molecule has 1 aliphatic heterocycles. The number of benzene rings is 1. The highest BCUT2D eigenvalue weighted by Gasteiger charge is 2.26. The Kier molecular flexibility index (Phi) is 9.60. The van der Waals surface area contributed by atoms with Crippen LogP contribution in [0.25, 0.3) is 0 Å². The summed E-state index contributed by atoms with van der Waals surface area (Å²) in [5, 5.41) is 11.6. The fraction of sp³-hybridized carbons (Fsp3) is 0.632. The van der Waals surface area contributed by atoms with Gasteiger partial charge in [0.25, 0.3) is 0 Å². The van der Waals surface area contributed by atoms with Crippen molar-refractivity contribution in [2.24, 2.45) is 0 Å². The average molecular weight is 337 g/mol. The summed E-state index contributed by atoms with van der Waals surface area (Å²) in [5.74, 6) is -0.111. The van der Waals surface area contributed by atoms with Crippen LogP contribution in [0, 0.1) is 0 Å². The van der Waals surface area contributed by atoms with Gasteiger partial charge in [-0.1, -0.05) is 30.3 Å². The van der Waals surface area contributed by atoms with Gasteiger partial charge in [-0.05, 0) is 52.1 Å². The maximum Gasteiger partial charge on any atom is 0.323 e. The lowest BCUT2D eigenvalue weighted by atomic mass is 10.2. The minimum atomic E-state index is -0.360. The van der Waals surface area contributed by atoms with E-state index < -0.39 is 0 Å². The zero-order chi connectivity index (χ0) is 17.8. The van der Waals surface area contributed by atoms with E-state index in [-0.39, 0.29) is 24.2 Å². The second kappa shape index (κ2) is 11.2. The third kappa shape index (κ3) is 9.65. The summed E-state index contributed by atoms with van der Waals surface area (Å²) < 4.78 is 10.5. The Morgan fingerprint density at radius 3 is 2.54 bits per heavy atom. The second-order valence-electron chi connectivity index (χ2n) is 6.80. The van der Waals surface area contributed by atoms with Crippen molar-refractivity contribution in [3.05, 3.63) is 35.9 Å². The molecule has 5 heteroatoms. The fourth-order valence-corrected chi connectivity index (χ4v) is 2.19. The van der Waals surface area contributed by atoms with Crippen LogP contribution in [-0.2, 0) is 20.9 Å². The highest BCUT2D eigenvalue weighted by molar-refractivity contribution is 5.76. The Bertz CT molecular complexity index is 450. The van der Waals surface area contributed by atoms with Crippen molar-refractivity contribution < 1.29 is 19.4 Å². The Morgan fingerprint density at radius 2 is 2.00 bits per heavy atom. The molecule has 24 heavy (non-hydrogen) atoms. The molecule has 136 valence electrons. The number of carbonyl (C=O) groups excluding carboxylic acids is 1. The normalized spacial score (nSPS) is 17.1. The molecular weight excluding hydrogens is 306 g/mol. The minimum Gasteiger partial charge on any atom is -0.459 e. The van der Waals surface area contributed by atoms with E-state index in [9.17, 15) is 4.79 Å². The largest absolute Gasteiger partial charge is 0.459 e. The number of carbonyl (C=O) groups is 1. The van der Waals surface area contributed by atoms with Gasteiger partial charge in [0.05, 0.1) is 6.61 Å². The van der Waals surface area contributed by atoms with Gasteiger partial charge in [0.1, 0.15) is 11.6 Å². The molecule has 0 radical (unpaired) electrons. The molecule has 5 nitrogen and oxygen atoms in total.